The molecule has 0 saturated carbocycles. The van der Waals surface area contributed by atoms with Gasteiger partial charge in [-0.1, -0.05) is 61.9 Å². The number of aromatic nitrogens is 1. The van der Waals surface area contributed by atoms with E-state index in [4.69, 9.17) is 4.74 Å². The molecule has 1 heterocycles. The van der Waals surface area contributed by atoms with E-state index in [0.29, 0.717) is 18.9 Å². The summed E-state index contributed by atoms with van der Waals surface area (Å²) >= 11 is 0. The minimum absolute atomic E-state index is 0.00256. The molecule has 202 valence electrons. The Kier molecular flexibility index (Phi) is 7.47. The molecule has 1 atom stereocenters. The first-order valence-corrected chi connectivity index (χ1v) is 11.9. The first-order valence-electron chi connectivity index (χ1n) is 11.9. The fourth-order valence-electron chi connectivity index (χ4n) is 4.47. The van der Waals surface area contributed by atoms with Gasteiger partial charge in [0.05, 0.1) is 24.8 Å². The van der Waals surface area contributed by atoms with Crippen LogP contribution in [0, 0.1) is 0 Å². The third-order valence-electron chi connectivity index (χ3n) is 6.46. The van der Waals surface area contributed by atoms with Crippen molar-refractivity contribution < 1.29 is 35.8 Å². The topological polar surface area (TPSA) is 40.5 Å². The molecule has 4 nitrogen and oxygen atoms in total. The molecule has 10 heteroatoms. The molecule has 0 spiro atoms. The van der Waals surface area contributed by atoms with Crippen LogP contribution in [0.4, 0.5) is 26.3 Å². The number of alkyl halides is 6. The van der Waals surface area contributed by atoms with Crippen LogP contribution < -0.4 is 10.3 Å². The second kappa shape index (κ2) is 10.3. The first-order chi connectivity index (χ1) is 18.0. The third-order valence-corrected chi connectivity index (χ3v) is 6.46. The highest BCUT2D eigenvalue weighted by molar-refractivity contribution is 6.06. The molecule has 0 aliphatic carbocycles. The van der Waals surface area contributed by atoms with E-state index in [2.05, 4.69) is 4.74 Å². The number of benzene rings is 3. The zero-order valence-corrected chi connectivity index (χ0v) is 20.6. The molecule has 0 amide bonds. The molecule has 0 saturated heterocycles. The molecule has 0 fully saturated rings. The van der Waals surface area contributed by atoms with E-state index in [-0.39, 0.29) is 33.8 Å². The van der Waals surface area contributed by atoms with Crippen LogP contribution in [-0.2, 0) is 23.6 Å². The number of unbranched alkanes of at least 4 members (excludes halogenated alkanes) is 1. The Bertz CT molecular complexity index is 1500. The van der Waals surface area contributed by atoms with Crippen molar-refractivity contribution in [3.8, 4) is 5.75 Å². The van der Waals surface area contributed by atoms with Crippen LogP contribution in [0.3, 0.4) is 0 Å². The number of aryl methyl sites for hydroxylation is 1. The monoisotopic (exact) mass is 537 g/mol. The number of fused-ring (bicyclic) bond motifs is 3. The molecule has 1 unspecified atom stereocenters. The van der Waals surface area contributed by atoms with Crippen LogP contribution in [0.15, 0.2) is 71.5 Å². The Morgan fingerprint density at radius 1 is 0.842 bits per heavy atom. The Balaban J connectivity index is 2.00. The minimum atomic E-state index is -6.10. The summed E-state index contributed by atoms with van der Waals surface area (Å²) in [5, 5.41) is 0.357. The predicted octanol–water partition coefficient (Wildman–Crippen LogP) is 7.50. The number of rotatable bonds is 9. The summed E-state index contributed by atoms with van der Waals surface area (Å²) in [6, 6.07) is 15.0. The molecule has 0 radical (unpaired) electrons. The maximum atomic E-state index is 16.1. The fourth-order valence-corrected chi connectivity index (χ4v) is 4.47. The number of hydrogen-bond acceptors (Lipinski definition) is 3. The third kappa shape index (κ3) is 4.62. The zero-order chi connectivity index (χ0) is 27.7. The molecular weight excluding hydrogens is 512 g/mol. The molecule has 0 aliphatic rings. The van der Waals surface area contributed by atoms with Crippen LogP contribution in [-0.4, -0.2) is 24.0 Å². The molecule has 0 bridgehead atoms. The van der Waals surface area contributed by atoms with Gasteiger partial charge in [-0.05, 0) is 29.5 Å². The Morgan fingerprint density at radius 2 is 1.47 bits per heavy atom. The normalized spacial score (nSPS) is 14.1. The summed E-state index contributed by atoms with van der Waals surface area (Å²) in [7, 11) is 0.944. The first kappa shape index (κ1) is 27.5. The van der Waals surface area contributed by atoms with Crippen LogP contribution in [0.5, 0.6) is 5.75 Å². The highest BCUT2D eigenvalue weighted by atomic mass is 19.4. The molecular formula is C28H25F6NO3. The lowest BCUT2D eigenvalue weighted by atomic mass is 9.90. The highest BCUT2D eigenvalue weighted by Gasteiger charge is 2.74. The van der Waals surface area contributed by atoms with Crippen molar-refractivity contribution >= 4 is 21.7 Å². The summed E-state index contributed by atoms with van der Waals surface area (Å²) < 4.78 is 100. The van der Waals surface area contributed by atoms with Crippen LogP contribution in [0.25, 0.3) is 21.7 Å². The van der Waals surface area contributed by atoms with Crippen LogP contribution >= 0.6 is 0 Å². The van der Waals surface area contributed by atoms with E-state index < -0.39 is 41.4 Å². The average Bonchev–Trinajstić information content (AvgIpc) is 2.90. The highest BCUT2D eigenvalue weighted by Crippen LogP contribution is 2.56. The van der Waals surface area contributed by atoms with E-state index in [9.17, 15) is 18.0 Å². The van der Waals surface area contributed by atoms with Crippen molar-refractivity contribution in [2.75, 3.05) is 7.11 Å². The number of pyridine rings is 1. The maximum absolute atomic E-state index is 16.1. The Morgan fingerprint density at radius 3 is 2.08 bits per heavy atom. The summed E-state index contributed by atoms with van der Waals surface area (Å²) in [4.78, 5) is 13.2. The molecule has 1 aromatic heterocycles. The lowest BCUT2D eigenvalue weighted by Crippen LogP contribution is -2.54. The van der Waals surface area contributed by atoms with E-state index in [1.165, 1.54) is 41.0 Å². The van der Waals surface area contributed by atoms with E-state index in [1.54, 1.807) is 18.2 Å². The zero-order valence-electron chi connectivity index (χ0n) is 20.6. The fraction of sp³-hybridized carbons (Fsp3) is 0.321. The summed E-state index contributed by atoms with van der Waals surface area (Å²) in [5.74, 6) is -0.791. The van der Waals surface area contributed by atoms with Gasteiger partial charge in [0.15, 0.2) is 0 Å². The Hall–Kier alpha value is -3.53. The van der Waals surface area contributed by atoms with Gasteiger partial charge in [-0.3, -0.25) is 4.79 Å². The molecule has 0 N–H and O–H groups in total. The van der Waals surface area contributed by atoms with E-state index in [0.717, 1.165) is 13.2 Å². The van der Waals surface area contributed by atoms with Gasteiger partial charge in [0.1, 0.15) is 5.75 Å². The van der Waals surface area contributed by atoms with Gasteiger partial charge in [0.2, 0.25) is 0 Å². The SMILES string of the molecule is CCCCn1c(=O)c2ccccc2c2cc(C(F)(C(F)(F)F)C(F)(F)OCc3ccccc3)c(OC)cc21. The summed E-state index contributed by atoms with van der Waals surface area (Å²) in [5.41, 5.74) is -6.87. The van der Waals surface area contributed by atoms with Gasteiger partial charge in [-0.15, -0.1) is 0 Å². The lowest BCUT2D eigenvalue weighted by Gasteiger charge is -2.35. The lowest BCUT2D eigenvalue weighted by molar-refractivity contribution is -0.393. The molecule has 4 aromatic rings. The number of hydrogen-bond donors (Lipinski definition) is 0. The van der Waals surface area contributed by atoms with Crippen LogP contribution in [0.2, 0.25) is 0 Å². The van der Waals surface area contributed by atoms with Gasteiger partial charge in [-0.2, -0.15) is 22.0 Å². The molecule has 3 aromatic carbocycles. The standard InChI is InChI=1S/C28H25F6NO3/c1-3-4-14-35-23-16-24(37-2)22(15-21(23)19-12-8-9-13-20(19)25(35)36)26(29,27(30,31)32)28(33,34)38-17-18-10-6-5-7-11-18/h5-13,15-16H,3-4,14,17H2,1-2H3. The van der Waals surface area contributed by atoms with Crippen molar-refractivity contribution in [1.29, 1.82) is 0 Å². The number of methoxy groups -OCH3 is 1. The van der Waals surface area contributed by atoms with Crippen molar-refractivity contribution in [1.82, 2.24) is 4.57 Å². The molecule has 0 aliphatic heterocycles. The maximum Gasteiger partial charge on any atom is 0.435 e. The summed E-state index contributed by atoms with van der Waals surface area (Å²) in [6.07, 6.45) is -10.2. The van der Waals surface area contributed by atoms with Crippen molar-refractivity contribution in [2.24, 2.45) is 0 Å². The molecule has 38 heavy (non-hydrogen) atoms. The molecule has 4 rings (SSSR count). The summed E-state index contributed by atoms with van der Waals surface area (Å²) in [6.45, 7) is 1.14. The average molecular weight is 538 g/mol. The van der Waals surface area contributed by atoms with Crippen molar-refractivity contribution in [3.05, 3.63) is 88.2 Å². The van der Waals surface area contributed by atoms with E-state index in [1.807, 2.05) is 6.92 Å². The minimum Gasteiger partial charge on any atom is -0.496 e. The van der Waals surface area contributed by atoms with Gasteiger partial charge in [-0.25, -0.2) is 4.39 Å². The Labute approximate surface area is 214 Å². The second-order valence-corrected chi connectivity index (χ2v) is 8.87. The second-order valence-electron chi connectivity index (χ2n) is 8.87. The number of nitrogens with zero attached hydrogens (tertiary/aromatic N) is 1. The van der Waals surface area contributed by atoms with Crippen LogP contribution in [0.1, 0.15) is 30.9 Å². The van der Waals surface area contributed by atoms with Crippen molar-refractivity contribution in [3.63, 3.8) is 0 Å². The number of ether oxygens (including phenoxy) is 2. The van der Waals surface area contributed by atoms with Crippen molar-refractivity contribution in [2.45, 2.75) is 50.9 Å². The smallest absolute Gasteiger partial charge is 0.435 e. The van der Waals surface area contributed by atoms with Gasteiger partial charge in [0.25, 0.3) is 5.56 Å². The van der Waals surface area contributed by atoms with E-state index >= 15 is 13.2 Å². The predicted molar refractivity (Wildman–Crippen MR) is 132 cm³/mol. The largest absolute Gasteiger partial charge is 0.496 e. The number of halogens is 6. The van der Waals surface area contributed by atoms with Gasteiger partial charge in [0, 0.05) is 23.4 Å². The van der Waals surface area contributed by atoms with Gasteiger partial charge >= 0.3 is 18.0 Å². The van der Waals surface area contributed by atoms with Gasteiger partial charge < -0.3 is 14.0 Å². The quantitative estimate of drug-likeness (QED) is 0.164.